The van der Waals surface area contributed by atoms with Gasteiger partial charge in [0.25, 0.3) is 0 Å². The molecule has 134 valence electrons. The molecule has 1 heterocycles. The van der Waals surface area contributed by atoms with Crippen LogP contribution in [0.4, 0.5) is 5.82 Å². The summed E-state index contributed by atoms with van der Waals surface area (Å²) in [4.78, 5) is 25.9. The van der Waals surface area contributed by atoms with Gasteiger partial charge in [-0.1, -0.05) is 28.9 Å². The van der Waals surface area contributed by atoms with E-state index in [1.807, 2.05) is 18.2 Å². The highest BCUT2D eigenvalue weighted by Gasteiger charge is 2.18. The molecule has 0 bridgehead atoms. The minimum Gasteiger partial charge on any atom is -0.360 e. The number of carbonyl (C=O) groups excluding carboxylic acids is 2. The molecule has 2 rings (SSSR count). The van der Waals surface area contributed by atoms with Gasteiger partial charge in [0.05, 0.1) is 11.0 Å². The normalized spacial score (nSPS) is 11.8. The number of anilines is 1. The maximum Gasteiger partial charge on any atom is 0.238 e. The first-order valence-electron chi connectivity index (χ1n) is 7.69. The van der Waals surface area contributed by atoms with Crippen molar-refractivity contribution in [1.29, 1.82) is 0 Å². The standard InChI is InChI=1S/C17H20ClN3O3S/c1-11-7-15(20-24-11)19-17(23)12(2)25-10-16(22)21(3)9-13-5-4-6-14(18)8-13/h4-8,12H,9-10H2,1-3H3,(H,19,20,23). The molecule has 2 amide bonds. The highest BCUT2D eigenvalue weighted by molar-refractivity contribution is 8.01. The molecule has 0 saturated carbocycles. The predicted octanol–water partition coefficient (Wildman–Crippen LogP) is 3.36. The number of aryl methyl sites for hydroxylation is 1. The number of nitrogens with zero attached hydrogens (tertiary/aromatic N) is 2. The van der Waals surface area contributed by atoms with Crippen LogP contribution in [0, 0.1) is 6.92 Å². The van der Waals surface area contributed by atoms with Gasteiger partial charge in [-0.05, 0) is 31.5 Å². The summed E-state index contributed by atoms with van der Waals surface area (Å²) in [6.07, 6.45) is 0. The van der Waals surface area contributed by atoms with Crippen molar-refractivity contribution < 1.29 is 14.1 Å². The van der Waals surface area contributed by atoms with Gasteiger partial charge in [-0.15, -0.1) is 11.8 Å². The Bertz CT molecular complexity index is 750. The van der Waals surface area contributed by atoms with Crippen molar-refractivity contribution in [3.63, 3.8) is 0 Å². The predicted molar refractivity (Wildman–Crippen MR) is 99.7 cm³/mol. The summed E-state index contributed by atoms with van der Waals surface area (Å²) in [5.74, 6) is 0.932. The number of nitrogens with one attached hydrogen (secondary N) is 1. The second kappa shape index (κ2) is 8.92. The number of halogens is 1. The van der Waals surface area contributed by atoms with Crippen molar-refractivity contribution in [2.75, 3.05) is 18.1 Å². The summed E-state index contributed by atoms with van der Waals surface area (Å²) >= 11 is 7.22. The fourth-order valence-corrected chi connectivity index (χ4v) is 3.07. The van der Waals surface area contributed by atoms with Gasteiger partial charge in [-0.3, -0.25) is 9.59 Å². The van der Waals surface area contributed by atoms with Crippen molar-refractivity contribution in [3.8, 4) is 0 Å². The zero-order chi connectivity index (χ0) is 18.4. The number of thioether (sulfide) groups is 1. The van der Waals surface area contributed by atoms with E-state index >= 15 is 0 Å². The van der Waals surface area contributed by atoms with Crippen LogP contribution >= 0.6 is 23.4 Å². The molecule has 0 saturated heterocycles. The van der Waals surface area contributed by atoms with Crippen molar-refractivity contribution in [1.82, 2.24) is 10.1 Å². The van der Waals surface area contributed by atoms with Crippen LogP contribution in [-0.2, 0) is 16.1 Å². The van der Waals surface area contributed by atoms with Gasteiger partial charge in [0.2, 0.25) is 11.8 Å². The van der Waals surface area contributed by atoms with Gasteiger partial charge >= 0.3 is 0 Å². The van der Waals surface area contributed by atoms with Crippen molar-refractivity contribution in [2.24, 2.45) is 0 Å². The van der Waals surface area contributed by atoms with Gasteiger partial charge in [-0.25, -0.2) is 0 Å². The zero-order valence-electron chi connectivity index (χ0n) is 14.3. The molecular weight excluding hydrogens is 362 g/mol. The molecule has 1 atom stereocenters. The van der Waals surface area contributed by atoms with Crippen molar-refractivity contribution >= 4 is 41.0 Å². The molecule has 1 N–H and O–H groups in total. The Labute approximate surface area is 155 Å². The molecule has 0 spiro atoms. The Balaban J connectivity index is 1.78. The third-order valence-corrected chi connectivity index (χ3v) is 4.80. The lowest BCUT2D eigenvalue weighted by Gasteiger charge is -2.18. The van der Waals surface area contributed by atoms with Gasteiger partial charge in [0.15, 0.2) is 5.82 Å². The molecule has 0 fully saturated rings. The fraction of sp³-hybridized carbons (Fsp3) is 0.353. The quantitative estimate of drug-likeness (QED) is 0.795. The minimum atomic E-state index is -0.388. The van der Waals surface area contributed by atoms with Gasteiger partial charge in [0.1, 0.15) is 5.76 Å². The number of rotatable bonds is 7. The Hall–Kier alpha value is -1.99. The topological polar surface area (TPSA) is 75.4 Å². The van der Waals surface area contributed by atoms with Gasteiger partial charge in [-0.2, -0.15) is 0 Å². The van der Waals surface area contributed by atoms with Crippen LogP contribution in [0.1, 0.15) is 18.2 Å². The summed E-state index contributed by atoms with van der Waals surface area (Å²) < 4.78 is 4.90. The Morgan fingerprint density at radius 2 is 2.16 bits per heavy atom. The number of hydrogen-bond acceptors (Lipinski definition) is 5. The monoisotopic (exact) mass is 381 g/mol. The van der Waals surface area contributed by atoms with Crippen LogP contribution in [-0.4, -0.2) is 39.9 Å². The SMILES string of the molecule is Cc1cc(NC(=O)C(C)SCC(=O)N(C)Cc2cccc(Cl)c2)no1. The summed E-state index contributed by atoms with van der Waals surface area (Å²) in [7, 11) is 1.73. The molecule has 25 heavy (non-hydrogen) atoms. The van der Waals surface area contributed by atoms with Crippen LogP contribution in [0.25, 0.3) is 0 Å². The summed E-state index contributed by atoms with van der Waals surface area (Å²) in [5.41, 5.74) is 0.959. The fourth-order valence-electron chi connectivity index (χ4n) is 2.03. The number of hydrogen-bond donors (Lipinski definition) is 1. The van der Waals surface area contributed by atoms with E-state index in [-0.39, 0.29) is 22.8 Å². The molecule has 6 nitrogen and oxygen atoms in total. The van der Waals surface area contributed by atoms with Crippen LogP contribution in [0.5, 0.6) is 0 Å². The first-order chi connectivity index (χ1) is 11.8. The maximum atomic E-state index is 12.2. The molecule has 1 unspecified atom stereocenters. The lowest BCUT2D eigenvalue weighted by atomic mass is 10.2. The molecule has 0 aliphatic carbocycles. The molecule has 1 aromatic carbocycles. The summed E-state index contributed by atoms with van der Waals surface area (Å²) in [5, 5.41) is 6.62. The van der Waals surface area contributed by atoms with E-state index in [1.54, 1.807) is 37.9 Å². The lowest BCUT2D eigenvalue weighted by Crippen LogP contribution is -2.30. The largest absolute Gasteiger partial charge is 0.360 e. The Kier molecular flexibility index (Phi) is 6.90. The van der Waals surface area contributed by atoms with E-state index in [0.717, 1.165) is 5.56 Å². The maximum absolute atomic E-state index is 12.2. The number of benzene rings is 1. The third kappa shape index (κ3) is 6.10. The molecule has 2 aromatic rings. The van der Waals surface area contributed by atoms with E-state index < -0.39 is 0 Å². The average Bonchev–Trinajstić information content (AvgIpc) is 2.97. The zero-order valence-corrected chi connectivity index (χ0v) is 15.9. The minimum absolute atomic E-state index is 0.0538. The summed E-state index contributed by atoms with van der Waals surface area (Å²) in [6, 6.07) is 9.02. The Morgan fingerprint density at radius 3 is 2.80 bits per heavy atom. The van der Waals surface area contributed by atoms with E-state index in [4.69, 9.17) is 16.1 Å². The van der Waals surface area contributed by atoms with Crippen LogP contribution in [0.15, 0.2) is 34.9 Å². The molecule has 0 aliphatic heterocycles. The number of carbonyl (C=O) groups is 2. The van der Waals surface area contributed by atoms with E-state index in [9.17, 15) is 9.59 Å². The second-order valence-corrected chi connectivity index (χ2v) is 7.41. The molecule has 1 aromatic heterocycles. The highest BCUT2D eigenvalue weighted by atomic mass is 35.5. The van der Waals surface area contributed by atoms with Gasteiger partial charge in [0, 0.05) is 24.7 Å². The van der Waals surface area contributed by atoms with Crippen LogP contribution in [0.3, 0.4) is 0 Å². The number of aromatic nitrogens is 1. The molecule has 0 aliphatic rings. The lowest BCUT2D eigenvalue weighted by molar-refractivity contribution is -0.127. The number of amides is 2. The average molecular weight is 382 g/mol. The third-order valence-electron chi connectivity index (χ3n) is 3.44. The van der Waals surface area contributed by atoms with Gasteiger partial charge < -0.3 is 14.7 Å². The smallest absolute Gasteiger partial charge is 0.238 e. The summed E-state index contributed by atoms with van der Waals surface area (Å²) in [6.45, 7) is 3.96. The van der Waals surface area contributed by atoms with E-state index in [0.29, 0.717) is 23.1 Å². The van der Waals surface area contributed by atoms with Crippen molar-refractivity contribution in [2.45, 2.75) is 25.6 Å². The molecular formula is C17H20ClN3O3S. The highest BCUT2D eigenvalue weighted by Crippen LogP contribution is 2.16. The first-order valence-corrected chi connectivity index (χ1v) is 9.12. The van der Waals surface area contributed by atoms with Crippen LogP contribution < -0.4 is 5.32 Å². The van der Waals surface area contributed by atoms with Crippen molar-refractivity contribution in [3.05, 3.63) is 46.7 Å². The van der Waals surface area contributed by atoms with Crippen LogP contribution in [0.2, 0.25) is 5.02 Å². The molecule has 8 heteroatoms. The van der Waals surface area contributed by atoms with E-state index in [1.165, 1.54) is 11.8 Å². The molecule has 0 radical (unpaired) electrons. The van der Waals surface area contributed by atoms with E-state index in [2.05, 4.69) is 10.5 Å². The Morgan fingerprint density at radius 1 is 1.40 bits per heavy atom. The second-order valence-electron chi connectivity index (χ2n) is 5.65. The first kappa shape index (κ1) is 19.3.